The van der Waals surface area contributed by atoms with Crippen molar-refractivity contribution in [1.29, 1.82) is 0 Å². The van der Waals surface area contributed by atoms with E-state index in [-0.39, 0.29) is 22.9 Å². The minimum absolute atomic E-state index is 0.151. The molecule has 0 saturated carbocycles. The molecular formula is C17H11Cl2FN2OS. The fraction of sp³-hybridized carbons (Fsp3) is 0.0588. The fourth-order valence-corrected chi connectivity index (χ4v) is 3.20. The van der Waals surface area contributed by atoms with Gasteiger partial charge in [-0.25, -0.2) is 9.37 Å². The first kappa shape index (κ1) is 16.9. The Bertz CT molecular complexity index is 860. The Balaban J connectivity index is 1.70. The maximum atomic E-state index is 13.7. The van der Waals surface area contributed by atoms with Crippen LogP contribution in [0.5, 0.6) is 0 Å². The van der Waals surface area contributed by atoms with Gasteiger partial charge in [-0.2, -0.15) is 0 Å². The van der Waals surface area contributed by atoms with Crippen LogP contribution in [0.4, 0.5) is 9.52 Å². The number of hydrogen-bond acceptors (Lipinski definition) is 3. The van der Waals surface area contributed by atoms with Crippen LogP contribution in [-0.4, -0.2) is 10.9 Å². The normalized spacial score (nSPS) is 10.6. The number of carbonyl (C=O) groups excluding carboxylic acids is 1. The number of halogens is 3. The first-order chi connectivity index (χ1) is 11.5. The van der Waals surface area contributed by atoms with Crippen molar-refractivity contribution in [3.63, 3.8) is 0 Å². The Morgan fingerprint density at radius 2 is 1.92 bits per heavy atom. The summed E-state index contributed by atoms with van der Waals surface area (Å²) in [5, 5.41) is 5.80. The van der Waals surface area contributed by atoms with E-state index >= 15 is 0 Å². The molecule has 0 saturated heterocycles. The summed E-state index contributed by atoms with van der Waals surface area (Å²) in [6.07, 6.45) is -0.151. The summed E-state index contributed by atoms with van der Waals surface area (Å²) in [4.78, 5) is 16.4. The van der Waals surface area contributed by atoms with Crippen LogP contribution in [0.15, 0.2) is 47.8 Å². The van der Waals surface area contributed by atoms with E-state index in [9.17, 15) is 9.18 Å². The molecule has 1 amide bonds. The summed E-state index contributed by atoms with van der Waals surface area (Å²) in [5.41, 5.74) is 1.80. The molecule has 0 atom stereocenters. The second-order valence-electron chi connectivity index (χ2n) is 4.97. The average molecular weight is 381 g/mol. The summed E-state index contributed by atoms with van der Waals surface area (Å²) in [6.45, 7) is 0. The molecule has 0 aliphatic carbocycles. The zero-order chi connectivity index (χ0) is 17.1. The smallest absolute Gasteiger partial charge is 0.230 e. The highest BCUT2D eigenvalue weighted by Crippen LogP contribution is 2.26. The van der Waals surface area contributed by atoms with Crippen molar-refractivity contribution in [3.8, 4) is 11.3 Å². The van der Waals surface area contributed by atoms with E-state index in [4.69, 9.17) is 23.2 Å². The van der Waals surface area contributed by atoms with Gasteiger partial charge in [0.15, 0.2) is 5.13 Å². The third-order valence-corrected chi connectivity index (χ3v) is 4.65. The molecule has 122 valence electrons. The standard InChI is InChI=1S/C17H11Cl2FN2OS/c18-11-6-4-10(5-7-11)15-9-24-17(21-15)22-16(23)8-12-13(19)2-1-3-14(12)20/h1-7,9H,8H2,(H,21,22,23). The maximum absolute atomic E-state index is 13.7. The average Bonchev–Trinajstić information content (AvgIpc) is 3.00. The number of nitrogens with zero attached hydrogens (tertiary/aromatic N) is 1. The van der Waals surface area contributed by atoms with E-state index in [0.717, 1.165) is 11.3 Å². The lowest BCUT2D eigenvalue weighted by atomic mass is 10.1. The highest BCUT2D eigenvalue weighted by molar-refractivity contribution is 7.14. The van der Waals surface area contributed by atoms with Crippen molar-refractivity contribution >= 4 is 45.6 Å². The third kappa shape index (κ3) is 3.93. The van der Waals surface area contributed by atoms with Crippen LogP contribution in [0.2, 0.25) is 10.0 Å². The number of carbonyl (C=O) groups is 1. The lowest BCUT2D eigenvalue weighted by Gasteiger charge is -2.05. The zero-order valence-corrected chi connectivity index (χ0v) is 14.6. The van der Waals surface area contributed by atoms with Crippen molar-refractivity contribution in [2.45, 2.75) is 6.42 Å². The Morgan fingerprint density at radius 1 is 1.17 bits per heavy atom. The van der Waals surface area contributed by atoms with Gasteiger partial charge in [0, 0.05) is 26.6 Å². The van der Waals surface area contributed by atoms with Crippen molar-refractivity contribution in [2.75, 3.05) is 5.32 Å². The molecule has 3 aromatic rings. The number of nitrogens with one attached hydrogen (secondary N) is 1. The second kappa shape index (κ2) is 7.30. The van der Waals surface area contributed by atoms with Crippen LogP contribution in [-0.2, 0) is 11.2 Å². The van der Waals surface area contributed by atoms with Crippen LogP contribution in [0.25, 0.3) is 11.3 Å². The van der Waals surface area contributed by atoms with Gasteiger partial charge in [0.25, 0.3) is 0 Å². The molecule has 1 N–H and O–H groups in total. The van der Waals surface area contributed by atoms with E-state index in [0.29, 0.717) is 10.2 Å². The predicted octanol–water partition coefficient (Wildman–Crippen LogP) is 5.44. The first-order valence-electron chi connectivity index (χ1n) is 6.97. The molecule has 0 aliphatic rings. The van der Waals surface area contributed by atoms with Crippen LogP contribution in [0, 0.1) is 5.82 Å². The Kier molecular flexibility index (Phi) is 5.14. The highest BCUT2D eigenvalue weighted by Gasteiger charge is 2.13. The summed E-state index contributed by atoms with van der Waals surface area (Å²) >= 11 is 13.1. The lowest BCUT2D eigenvalue weighted by molar-refractivity contribution is -0.115. The van der Waals surface area contributed by atoms with E-state index < -0.39 is 5.82 Å². The quantitative estimate of drug-likeness (QED) is 0.654. The number of hydrogen-bond donors (Lipinski definition) is 1. The topological polar surface area (TPSA) is 42.0 Å². The summed E-state index contributed by atoms with van der Waals surface area (Å²) in [7, 11) is 0. The van der Waals surface area contributed by atoms with Gasteiger partial charge < -0.3 is 5.32 Å². The largest absolute Gasteiger partial charge is 0.302 e. The molecule has 7 heteroatoms. The van der Waals surface area contributed by atoms with E-state index in [1.807, 2.05) is 17.5 Å². The molecule has 0 bridgehead atoms. The van der Waals surface area contributed by atoms with Crippen molar-refractivity contribution < 1.29 is 9.18 Å². The zero-order valence-electron chi connectivity index (χ0n) is 12.2. The molecule has 0 radical (unpaired) electrons. The Hall–Kier alpha value is -1.95. The van der Waals surface area contributed by atoms with Gasteiger partial charge in [-0.15, -0.1) is 11.3 Å². The van der Waals surface area contributed by atoms with Crippen molar-refractivity contribution in [2.24, 2.45) is 0 Å². The minimum Gasteiger partial charge on any atom is -0.302 e. The van der Waals surface area contributed by atoms with Gasteiger partial charge in [0.2, 0.25) is 5.91 Å². The molecule has 3 rings (SSSR count). The maximum Gasteiger partial charge on any atom is 0.230 e. The van der Waals surface area contributed by atoms with E-state index in [1.54, 1.807) is 18.2 Å². The SMILES string of the molecule is O=C(Cc1c(F)cccc1Cl)Nc1nc(-c2ccc(Cl)cc2)cs1. The molecule has 3 nitrogen and oxygen atoms in total. The van der Waals surface area contributed by atoms with Gasteiger partial charge in [-0.1, -0.05) is 41.4 Å². The molecule has 0 spiro atoms. The fourth-order valence-electron chi connectivity index (χ4n) is 2.11. The van der Waals surface area contributed by atoms with Gasteiger partial charge in [-0.05, 0) is 24.3 Å². The van der Waals surface area contributed by atoms with Crippen molar-refractivity contribution in [3.05, 3.63) is 69.3 Å². The molecule has 0 unspecified atom stereocenters. The van der Waals surface area contributed by atoms with Gasteiger partial charge in [0.1, 0.15) is 5.82 Å². The van der Waals surface area contributed by atoms with Gasteiger partial charge in [0.05, 0.1) is 12.1 Å². The van der Waals surface area contributed by atoms with Crippen LogP contribution < -0.4 is 5.32 Å². The lowest BCUT2D eigenvalue weighted by Crippen LogP contribution is -2.15. The Labute approximate surface area is 152 Å². The van der Waals surface area contributed by atoms with E-state index in [2.05, 4.69) is 10.3 Å². The van der Waals surface area contributed by atoms with Crippen LogP contribution in [0.1, 0.15) is 5.56 Å². The predicted molar refractivity (Wildman–Crippen MR) is 96.3 cm³/mol. The molecule has 24 heavy (non-hydrogen) atoms. The third-order valence-electron chi connectivity index (χ3n) is 3.29. The summed E-state index contributed by atoms with van der Waals surface area (Å²) in [6, 6.07) is 11.6. The monoisotopic (exact) mass is 380 g/mol. The second-order valence-corrected chi connectivity index (χ2v) is 6.67. The number of thiazole rings is 1. The highest BCUT2D eigenvalue weighted by atomic mass is 35.5. The molecule has 1 aromatic heterocycles. The first-order valence-corrected chi connectivity index (χ1v) is 8.60. The van der Waals surface area contributed by atoms with Gasteiger partial charge >= 0.3 is 0 Å². The summed E-state index contributed by atoms with van der Waals surface area (Å²) in [5.74, 6) is -0.877. The summed E-state index contributed by atoms with van der Waals surface area (Å²) < 4.78 is 13.7. The molecule has 2 aromatic carbocycles. The number of aromatic nitrogens is 1. The Morgan fingerprint density at radius 3 is 2.62 bits per heavy atom. The van der Waals surface area contributed by atoms with Gasteiger partial charge in [-0.3, -0.25) is 4.79 Å². The minimum atomic E-state index is -0.501. The molecule has 0 fully saturated rings. The molecule has 0 aliphatic heterocycles. The molecule has 1 heterocycles. The number of anilines is 1. The van der Waals surface area contributed by atoms with Crippen LogP contribution in [0.3, 0.4) is 0 Å². The number of rotatable bonds is 4. The van der Waals surface area contributed by atoms with E-state index in [1.165, 1.54) is 23.5 Å². The molecular weight excluding hydrogens is 370 g/mol. The van der Waals surface area contributed by atoms with Crippen LogP contribution >= 0.6 is 34.5 Å². The van der Waals surface area contributed by atoms with Crippen molar-refractivity contribution in [1.82, 2.24) is 4.98 Å². The number of amides is 1. The number of benzene rings is 2.